The summed E-state index contributed by atoms with van der Waals surface area (Å²) in [4.78, 5) is 26.6. The summed E-state index contributed by atoms with van der Waals surface area (Å²) in [5.74, 6) is 0.216. The second-order valence-corrected chi connectivity index (χ2v) is 7.06. The highest BCUT2D eigenvalue weighted by molar-refractivity contribution is 5.84. The van der Waals surface area contributed by atoms with Crippen LogP contribution >= 0.6 is 0 Å². The van der Waals surface area contributed by atoms with Crippen LogP contribution in [-0.2, 0) is 20.7 Å². The molecule has 5 heteroatoms. The predicted octanol–water partition coefficient (Wildman–Crippen LogP) is 2.15. The molecule has 0 aliphatic carbocycles. The van der Waals surface area contributed by atoms with E-state index in [1.807, 2.05) is 23.1 Å². The Morgan fingerprint density at radius 2 is 1.92 bits per heavy atom. The summed E-state index contributed by atoms with van der Waals surface area (Å²) >= 11 is 0. The molecule has 1 aromatic carbocycles. The van der Waals surface area contributed by atoms with Gasteiger partial charge in [-0.1, -0.05) is 30.3 Å². The van der Waals surface area contributed by atoms with Gasteiger partial charge in [-0.25, -0.2) is 0 Å². The number of piperidine rings is 1. The molecule has 0 radical (unpaired) electrons. The number of likely N-dealkylation sites (tertiary alicyclic amines) is 1. The summed E-state index contributed by atoms with van der Waals surface area (Å²) in [5, 5.41) is 3.15. The number of hydrogen-bond donors (Lipinski definition) is 1. The Morgan fingerprint density at radius 3 is 2.68 bits per heavy atom. The fourth-order valence-electron chi connectivity index (χ4n) is 3.62. The van der Waals surface area contributed by atoms with Gasteiger partial charge in [-0.05, 0) is 37.7 Å². The molecule has 2 amide bonds. The molecule has 1 atom stereocenters. The van der Waals surface area contributed by atoms with E-state index in [-0.39, 0.29) is 23.8 Å². The van der Waals surface area contributed by atoms with Crippen LogP contribution < -0.4 is 5.32 Å². The second kappa shape index (κ2) is 8.99. The van der Waals surface area contributed by atoms with Crippen LogP contribution in [0.5, 0.6) is 0 Å². The predicted molar refractivity (Wildman–Crippen MR) is 96.1 cm³/mol. The van der Waals surface area contributed by atoms with Crippen molar-refractivity contribution in [2.24, 2.45) is 5.92 Å². The molecule has 3 rings (SSSR count). The summed E-state index contributed by atoms with van der Waals surface area (Å²) in [5.41, 5.74) is 1.29. The molecule has 25 heavy (non-hydrogen) atoms. The van der Waals surface area contributed by atoms with Crippen molar-refractivity contribution in [3.8, 4) is 0 Å². The zero-order valence-corrected chi connectivity index (χ0v) is 14.8. The average molecular weight is 344 g/mol. The molecule has 5 nitrogen and oxygen atoms in total. The first-order chi connectivity index (χ1) is 12.2. The SMILES string of the molecule is O=C(NC1CCOCC1)[C@@H]1CCC(=O)N(CCCc2ccccc2)C1. The van der Waals surface area contributed by atoms with E-state index in [9.17, 15) is 9.59 Å². The summed E-state index contributed by atoms with van der Waals surface area (Å²) in [6.45, 7) is 2.73. The topological polar surface area (TPSA) is 58.6 Å². The van der Waals surface area contributed by atoms with Crippen LogP contribution in [0.15, 0.2) is 30.3 Å². The first-order valence-electron chi connectivity index (χ1n) is 9.42. The molecule has 0 bridgehead atoms. The minimum absolute atomic E-state index is 0.0720. The van der Waals surface area contributed by atoms with Crippen LogP contribution in [-0.4, -0.2) is 49.1 Å². The lowest BCUT2D eigenvalue weighted by Crippen LogP contribution is -2.49. The van der Waals surface area contributed by atoms with Crippen molar-refractivity contribution in [2.75, 3.05) is 26.3 Å². The highest BCUT2D eigenvalue weighted by Crippen LogP contribution is 2.19. The van der Waals surface area contributed by atoms with Crippen LogP contribution in [0.4, 0.5) is 0 Å². The Morgan fingerprint density at radius 1 is 1.16 bits per heavy atom. The highest BCUT2D eigenvalue weighted by Gasteiger charge is 2.31. The quantitative estimate of drug-likeness (QED) is 0.860. The summed E-state index contributed by atoms with van der Waals surface area (Å²) in [7, 11) is 0. The molecule has 0 saturated carbocycles. The number of carbonyl (C=O) groups is 2. The van der Waals surface area contributed by atoms with Crippen LogP contribution in [0.2, 0.25) is 0 Å². The maximum Gasteiger partial charge on any atom is 0.225 e. The van der Waals surface area contributed by atoms with E-state index in [0.717, 1.165) is 45.4 Å². The highest BCUT2D eigenvalue weighted by atomic mass is 16.5. The normalized spacial score (nSPS) is 22.0. The van der Waals surface area contributed by atoms with Gasteiger partial charge < -0.3 is 15.0 Å². The number of aryl methyl sites for hydroxylation is 1. The van der Waals surface area contributed by atoms with Crippen molar-refractivity contribution in [3.05, 3.63) is 35.9 Å². The fraction of sp³-hybridized carbons (Fsp3) is 0.600. The number of carbonyl (C=O) groups excluding carboxylic acids is 2. The number of amides is 2. The first kappa shape index (κ1) is 17.9. The third-order valence-electron chi connectivity index (χ3n) is 5.17. The minimum atomic E-state index is -0.0720. The molecule has 0 aromatic heterocycles. The van der Waals surface area contributed by atoms with E-state index in [4.69, 9.17) is 4.74 Å². The molecule has 136 valence electrons. The lowest BCUT2D eigenvalue weighted by atomic mass is 9.95. The van der Waals surface area contributed by atoms with Crippen molar-refractivity contribution in [2.45, 2.75) is 44.6 Å². The fourth-order valence-corrected chi connectivity index (χ4v) is 3.62. The molecule has 2 aliphatic heterocycles. The van der Waals surface area contributed by atoms with Gasteiger partial charge in [0.15, 0.2) is 0 Å². The van der Waals surface area contributed by atoms with Gasteiger partial charge in [0.2, 0.25) is 11.8 Å². The molecule has 1 N–H and O–H groups in total. The number of nitrogens with zero attached hydrogens (tertiary/aromatic N) is 1. The molecule has 0 spiro atoms. The van der Waals surface area contributed by atoms with Crippen LogP contribution in [0.1, 0.15) is 37.7 Å². The summed E-state index contributed by atoms with van der Waals surface area (Å²) in [6, 6.07) is 10.5. The molecule has 2 fully saturated rings. The lowest BCUT2D eigenvalue weighted by molar-refractivity contribution is -0.138. The average Bonchev–Trinajstić information content (AvgIpc) is 2.65. The van der Waals surface area contributed by atoms with Crippen molar-refractivity contribution in [1.29, 1.82) is 0 Å². The van der Waals surface area contributed by atoms with E-state index in [1.165, 1.54) is 5.56 Å². The van der Waals surface area contributed by atoms with Crippen LogP contribution in [0.25, 0.3) is 0 Å². The molecule has 2 aliphatic rings. The monoisotopic (exact) mass is 344 g/mol. The van der Waals surface area contributed by atoms with E-state index < -0.39 is 0 Å². The number of ether oxygens (including phenoxy) is 1. The zero-order chi connectivity index (χ0) is 17.5. The van der Waals surface area contributed by atoms with Gasteiger partial charge in [-0.15, -0.1) is 0 Å². The van der Waals surface area contributed by atoms with Crippen molar-refractivity contribution in [1.82, 2.24) is 10.2 Å². The van der Waals surface area contributed by atoms with Gasteiger partial charge >= 0.3 is 0 Å². The van der Waals surface area contributed by atoms with E-state index in [0.29, 0.717) is 19.4 Å². The number of hydrogen-bond acceptors (Lipinski definition) is 3. The smallest absolute Gasteiger partial charge is 0.225 e. The standard InChI is InChI=1S/C20H28N2O3/c23-19-9-8-17(20(24)21-18-10-13-25-14-11-18)15-22(19)12-4-7-16-5-2-1-3-6-16/h1-3,5-6,17-18H,4,7-15H2,(H,21,24)/t17-/m1/s1. The van der Waals surface area contributed by atoms with Gasteiger partial charge in [0.05, 0.1) is 5.92 Å². The number of benzene rings is 1. The maximum absolute atomic E-state index is 12.5. The third-order valence-corrected chi connectivity index (χ3v) is 5.17. The molecule has 2 saturated heterocycles. The number of rotatable bonds is 6. The zero-order valence-electron chi connectivity index (χ0n) is 14.8. The maximum atomic E-state index is 12.5. The van der Waals surface area contributed by atoms with Gasteiger partial charge in [-0.3, -0.25) is 9.59 Å². The molecule has 0 unspecified atom stereocenters. The largest absolute Gasteiger partial charge is 0.381 e. The Hall–Kier alpha value is -1.88. The van der Waals surface area contributed by atoms with Crippen molar-refractivity contribution < 1.29 is 14.3 Å². The van der Waals surface area contributed by atoms with Gasteiger partial charge in [0, 0.05) is 38.8 Å². The number of nitrogens with one attached hydrogen (secondary N) is 1. The van der Waals surface area contributed by atoms with E-state index in [2.05, 4.69) is 17.4 Å². The molecular formula is C20H28N2O3. The van der Waals surface area contributed by atoms with Gasteiger partial charge in [0.25, 0.3) is 0 Å². The third kappa shape index (κ3) is 5.30. The Labute approximate surface area is 149 Å². The Kier molecular flexibility index (Phi) is 6.45. The Bertz CT molecular complexity index is 570. The van der Waals surface area contributed by atoms with Crippen molar-refractivity contribution >= 4 is 11.8 Å². The van der Waals surface area contributed by atoms with E-state index >= 15 is 0 Å². The second-order valence-electron chi connectivity index (χ2n) is 7.06. The van der Waals surface area contributed by atoms with E-state index in [1.54, 1.807) is 0 Å². The first-order valence-corrected chi connectivity index (χ1v) is 9.42. The molecule has 2 heterocycles. The minimum Gasteiger partial charge on any atom is -0.381 e. The lowest BCUT2D eigenvalue weighted by Gasteiger charge is -2.33. The van der Waals surface area contributed by atoms with Crippen LogP contribution in [0, 0.1) is 5.92 Å². The van der Waals surface area contributed by atoms with Crippen molar-refractivity contribution in [3.63, 3.8) is 0 Å². The van der Waals surface area contributed by atoms with Gasteiger partial charge in [-0.2, -0.15) is 0 Å². The Balaban J connectivity index is 1.45. The molecule has 1 aromatic rings. The van der Waals surface area contributed by atoms with Crippen LogP contribution in [0.3, 0.4) is 0 Å². The molecular weight excluding hydrogens is 316 g/mol. The van der Waals surface area contributed by atoms with Gasteiger partial charge in [0.1, 0.15) is 0 Å². The summed E-state index contributed by atoms with van der Waals surface area (Å²) in [6.07, 6.45) is 4.82. The summed E-state index contributed by atoms with van der Waals surface area (Å²) < 4.78 is 5.33.